The fraction of sp³-hybridized carbons (Fsp3) is 0.300. The van der Waals surface area contributed by atoms with E-state index in [0.717, 1.165) is 12.0 Å². The number of amides is 1. The molecule has 6 nitrogen and oxygen atoms in total. The van der Waals surface area contributed by atoms with Crippen LogP contribution < -0.4 is 5.32 Å². The van der Waals surface area contributed by atoms with Crippen molar-refractivity contribution in [2.75, 3.05) is 0 Å². The van der Waals surface area contributed by atoms with E-state index in [1.165, 1.54) is 4.80 Å². The summed E-state index contributed by atoms with van der Waals surface area (Å²) in [6, 6.07) is 17.2. The van der Waals surface area contributed by atoms with Gasteiger partial charge in [-0.2, -0.15) is 4.80 Å². The highest BCUT2D eigenvalue weighted by Gasteiger charge is 2.17. The molecule has 0 aliphatic heterocycles. The summed E-state index contributed by atoms with van der Waals surface area (Å²) in [6.07, 6.45) is 0.853. The van der Waals surface area contributed by atoms with Crippen molar-refractivity contribution in [1.29, 1.82) is 0 Å². The quantitative estimate of drug-likeness (QED) is 0.671. The Morgan fingerprint density at radius 3 is 2.52 bits per heavy atom. The van der Waals surface area contributed by atoms with E-state index in [-0.39, 0.29) is 18.5 Å². The van der Waals surface area contributed by atoms with Crippen LogP contribution in [0.2, 0.25) is 5.02 Å². The van der Waals surface area contributed by atoms with Crippen LogP contribution >= 0.6 is 11.6 Å². The smallest absolute Gasteiger partial charge is 0.244 e. The zero-order chi connectivity index (χ0) is 19.2. The first-order chi connectivity index (χ1) is 13.0. The van der Waals surface area contributed by atoms with Crippen LogP contribution in [0.3, 0.4) is 0 Å². The van der Waals surface area contributed by atoms with Gasteiger partial charge in [-0.25, -0.2) is 0 Å². The molecule has 0 fully saturated rings. The van der Waals surface area contributed by atoms with Crippen molar-refractivity contribution >= 4 is 17.5 Å². The summed E-state index contributed by atoms with van der Waals surface area (Å²) in [5.74, 6) is 0.689. The zero-order valence-corrected chi connectivity index (χ0v) is 16.1. The van der Waals surface area contributed by atoms with Gasteiger partial charge in [0.05, 0.1) is 11.1 Å². The maximum absolute atomic E-state index is 12.5. The first kappa shape index (κ1) is 19.0. The molecule has 1 heterocycles. The lowest BCUT2D eigenvalue weighted by molar-refractivity contribution is -0.123. The Kier molecular flexibility index (Phi) is 6.19. The van der Waals surface area contributed by atoms with Gasteiger partial charge in [0.25, 0.3) is 0 Å². The second kappa shape index (κ2) is 8.77. The summed E-state index contributed by atoms with van der Waals surface area (Å²) in [5.41, 5.74) is 1.77. The Bertz CT molecular complexity index is 894. The molecule has 2 aromatic carbocycles. The molecule has 0 saturated heterocycles. The number of tetrazole rings is 1. The lowest BCUT2D eigenvalue weighted by Gasteiger charge is -2.21. The van der Waals surface area contributed by atoms with Gasteiger partial charge in [-0.05, 0) is 35.2 Å². The topological polar surface area (TPSA) is 72.7 Å². The summed E-state index contributed by atoms with van der Waals surface area (Å²) >= 11 is 6.16. The lowest BCUT2D eigenvalue weighted by atomic mass is 9.97. The predicted octanol–water partition coefficient (Wildman–Crippen LogP) is 3.90. The number of rotatable bonds is 7. The molecule has 0 bridgehead atoms. The Balaban J connectivity index is 1.68. The minimum Gasteiger partial charge on any atom is -0.348 e. The van der Waals surface area contributed by atoms with Crippen molar-refractivity contribution in [2.24, 2.45) is 5.92 Å². The maximum Gasteiger partial charge on any atom is 0.244 e. The number of nitrogens with zero attached hydrogens (tertiary/aromatic N) is 4. The molecule has 1 atom stereocenters. The van der Waals surface area contributed by atoms with Gasteiger partial charge in [0, 0.05) is 5.56 Å². The van der Waals surface area contributed by atoms with Gasteiger partial charge in [-0.3, -0.25) is 4.79 Å². The molecule has 27 heavy (non-hydrogen) atoms. The van der Waals surface area contributed by atoms with Gasteiger partial charge in [-0.15, -0.1) is 10.2 Å². The van der Waals surface area contributed by atoms with Crippen LogP contribution in [-0.4, -0.2) is 26.1 Å². The van der Waals surface area contributed by atoms with Crippen molar-refractivity contribution in [3.05, 3.63) is 65.2 Å². The van der Waals surface area contributed by atoms with Crippen LogP contribution in [0, 0.1) is 5.92 Å². The largest absolute Gasteiger partial charge is 0.348 e. The van der Waals surface area contributed by atoms with E-state index in [4.69, 9.17) is 11.6 Å². The number of halogens is 1. The average Bonchev–Trinajstić information content (AvgIpc) is 3.10. The van der Waals surface area contributed by atoms with Crippen LogP contribution in [0.4, 0.5) is 0 Å². The van der Waals surface area contributed by atoms with Gasteiger partial charge in [0.15, 0.2) is 0 Å². The number of carbonyl (C=O) groups is 1. The molecule has 0 unspecified atom stereocenters. The summed E-state index contributed by atoms with van der Waals surface area (Å²) in [6.45, 7) is 4.27. The monoisotopic (exact) mass is 383 g/mol. The van der Waals surface area contributed by atoms with Crippen LogP contribution in [0.1, 0.15) is 31.9 Å². The molecule has 1 amide bonds. The van der Waals surface area contributed by atoms with Crippen molar-refractivity contribution in [2.45, 2.75) is 32.9 Å². The molecule has 3 aromatic rings. The molecule has 0 aliphatic rings. The number of nitrogens with one attached hydrogen (secondary N) is 1. The van der Waals surface area contributed by atoms with Crippen molar-refractivity contribution in [3.8, 4) is 11.4 Å². The van der Waals surface area contributed by atoms with Gasteiger partial charge < -0.3 is 5.32 Å². The minimum atomic E-state index is -0.160. The van der Waals surface area contributed by atoms with Gasteiger partial charge >= 0.3 is 0 Å². The Hall–Kier alpha value is -2.73. The number of benzene rings is 2. The van der Waals surface area contributed by atoms with E-state index >= 15 is 0 Å². The van der Waals surface area contributed by atoms with Crippen LogP contribution in [-0.2, 0) is 11.3 Å². The fourth-order valence-corrected chi connectivity index (χ4v) is 3.08. The summed E-state index contributed by atoms with van der Waals surface area (Å²) in [5, 5.41) is 15.9. The molecule has 1 aromatic heterocycles. The molecule has 140 valence electrons. The number of hydrogen-bond acceptors (Lipinski definition) is 4. The van der Waals surface area contributed by atoms with E-state index in [2.05, 4.69) is 34.6 Å². The van der Waals surface area contributed by atoms with Crippen molar-refractivity contribution in [1.82, 2.24) is 25.5 Å². The van der Waals surface area contributed by atoms with E-state index in [0.29, 0.717) is 22.3 Å². The standard InChI is InChI=1S/C20H22ClN5O/c1-14(2)12-18(15-8-4-3-5-9-15)22-19(27)13-26-24-20(23-25-26)16-10-6-7-11-17(16)21/h3-11,14,18H,12-13H2,1-2H3,(H,22,27)/t18-/m1/s1. The zero-order valence-electron chi connectivity index (χ0n) is 15.3. The molecular formula is C20H22ClN5O. The molecular weight excluding hydrogens is 362 g/mol. The van der Waals surface area contributed by atoms with Crippen LogP contribution in [0.25, 0.3) is 11.4 Å². The SMILES string of the molecule is CC(C)C[C@@H](NC(=O)Cn1nnc(-c2ccccc2Cl)n1)c1ccccc1. The molecule has 1 N–H and O–H groups in total. The van der Waals surface area contributed by atoms with E-state index in [1.54, 1.807) is 6.07 Å². The van der Waals surface area contributed by atoms with Crippen LogP contribution in [0.15, 0.2) is 54.6 Å². The number of carbonyl (C=O) groups excluding carboxylic acids is 1. The second-order valence-electron chi connectivity index (χ2n) is 6.78. The highest BCUT2D eigenvalue weighted by Crippen LogP contribution is 2.24. The lowest BCUT2D eigenvalue weighted by Crippen LogP contribution is -2.33. The maximum atomic E-state index is 12.5. The van der Waals surface area contributed by atoms with Crippen molar-refractivity contribution in [3.63, 3.8) is 0 Å². The van der Waals surface area contributed by atoms with Gasteiger partial charge in [0.1, 0.15) is 6.54 Å². The molecule has 0 radical (unpaired) electrons. The van der Waals surface area contributed by atoms with Crippen molar-refractivity contribution < 1.29 is 4.79 Å². The Labute approximate surface area is 163 Å². The van der Waals surface area contributed by atoms with Crippen LogP contribution in [0.5, 0.6) is 0 Å². The highest BCUT2D eigenvalue weighted by molar-refractivity contribution is 6.33. The third kappa shape index (κ3) is 5.14. The molecule has 0 spiro atoms. The first-order valence-electron chi connectivity index (χ1n) is 8.90. The third-order valence-corrected chi connectivity index (χ3v) is 4.43. The predicted molar refractivity (Wildman–Crippen MR) is 105 cm³/mol. The van der Waals surface area contributed by atoms with Gasteiger partial charge in [-0.1, -0.05) is 67.9 Å². The van der Waals surface area contributed by atoms with E-state index in [1.807, 2.05) is 48.5 Å². The van der Waals surface area contributed by atoms with E-state index < -0.39 is 0 Å². The minimum absolute atomic E-state index is 0.00111. The molecule has 3 rings (SSSR count). The summed E-state index contributed by atoms with van der Waals surface area (Å²) in [7, 11) is 0. The Morgan fingerprint density at radius 1 is 1.11 bits per heavy atom. The van der Waals surface area contributed by atoms with Gasteiger partial charge in [0.2, 0.25) is 11.7 Å². The first-order valence-corrected chi connectivity index (χ1v) is 9.27. The average molecular weight is 384 g/mol. The number of aromatic nitrogens is 4. The summed E-state index contributed by atoms with van der Waals surface area (Å²) in [4.78, 5) is 13.8. The third-order valence-electron chi connectivity index (χ3n) is 4.10. The highest BCUT2D eigenvalue weighted by atomic mass is 35.5. The molecule has 7 heteroatoms. The van der Waals surface area contributed by atoms with E-state index in [9.17, 15) is 4.79 Å². The fourth-order valence-electron chi connectivity index (χ4n) is 2.86. The normalized spacial score (nSPS) is 12.1. The molecule has 0 aliphatic carbocycles. The number of hydrogen-bond donors (Lipinski definition) is 1. The molecule has 0 saturated carbocycles. The summed E-state index contributed by atoms with van der Waals surface area (Å²) < 4.78 is 0. The second-order valence-corrected chi connectivity index (χ2v) is 7.19. The Morgan fingerprint density at radius 2 is 1.81 bits per heavy atom.